The molecule has 0 bridgehead atoms. The van der Waals surface area contributed by atoms with Crippen LogP contribution >= 0.6 is 0 Å². The van der Waals surface area contributed by atoms with Crippen molar-refractivity contribution in [2.45, 2.75) is 19.0 Å². The maximum Gasteiger partial charge on any atom is 0.411 e. The van der Waals surface area contributed by atoms with Crippen molar-refractivity contribution >= 4 is 5.78 Å². The van der Waals surface area contributed by atoms with Crippen LogP contribution in [0.25, 0.3) is 0 Å². The molecule has 0 unspecified atom stereocenters. The van der Waals surface area contributed by atoms with Crippen LogP contribution in [0.2, 0.25) is 0 Å². The van der Waals surface area contributed by atoms with Gasteiger partial charge >= 0.3 is 6.18 Å². The Morgan fingerprint density at radius 1 is 1.30 bits per heavy atom. The van der Waals surface area contributed by atoms with Crippen molar-refractivity contribution in [2.75, 3.05) is 20.3 Å². The minimum atomic E-state index is -4.41. The summed E-state index contributed by atoms with van der Waals surface area (Å²) in [5, 5.41) is 0. The molecule has 3 nitrogen and oxygen atoms in total. The average Bonchev–Trinajstić information content (AvgIpc) is 2.36. The summed E-state index contributed by atoms with van der Waals surface area (Å²) in [7, 11) is 1.30. The second kappa shape index (κ2) is 7.23. The van der Waals surface area contributed by atoms with Crippen molar-refractivity contribution < 1.29 is 31.8 Å². The minimum absolute atomic E-state index is 0.0172. The van der Waals surface area contributed by atoms with E-state index in [2.05, 4.69) is 4.74 Å². The number of carbonyl (C=O) groups excluding carboxylic acids is 1. The second-order valence-corrected chi connectivity index (χ2v) is 4.07. The quantitative estimate of drug-likeness (QED) is 0.573. The van der Waals surface area contributed by atoms with Gasteiger partial charge in [-0.3, -0.25) is 4.79 Å². The molecular weight excluding hydrogens is 280 g/mol. The zero-order valence-corrected chi connectivity index (χ0v) is 10.8. The third kappa shape index (κ3) is 5.56. The monoisotopic (exact) mass is 294 g/mol. The number of Topliss-reactive ketones (excluding diaryl/α,β-unsaturated/α-hetero) is 1. The molecule has 0 aliphatic rings. The maximum absolute atomic E-state index is 13.7. The highest BCUT2D eigenvalue weighted by molar-refractivity contribution is 5.81. The minimum Gasteiger partial charge on any atom is -0.494 e. The lowest BCUT2D eigenvalue weighted by Gasteiger charge is -2.08. The third-order valence-electron chi connectivity index (χ3n) is 2.44. The lowest BCUT2D eigenvalue weighted by atomic mass is 10.1. The Bertz CT molecular complexity index is 457. The summed E-state index contributed by atoms with van der Waals surface area (Å²) >= 11 is 0. The molecule has 0 aliphatic heterocycles. The molecule has 7 heteroatoms. The summed E-state index contributed by atoms with van der Waals surface area (Å²) in [4.78, 5) is 11.5. The fourth-order valence-electron chi connectivity index (χ4n) is 1.53. The van der Waals surface area contributed by atoms with Crippen LogP contribution in [0.3, 0.4) is 0 Å². The average molecular weight is 294 g/mol. The van der Waals surface area contributed by atoms with Gasteiger partial charge in [-0.15, -0.1) is 0 Å². The molecule has 0 amide bonds. The number of rotatable bonds is 7. The van der Waals surface area contributed by atoms with Crippen molar-refractivity contribution in [1.29, 1.82) is 0 Å². The molecule has 0 radical (unpaired) electrons. The molecule has 1 rings (SSSR count). The van der Waals surface area contributed by atoms with Crippen LogP contribution in [0.1, 0.15) is 12.0 Å². The smallest absolute Gasteiger partial charge is 0.411 e. The number of ketones is 1. The van der Waals surface area contributed by atoms with Crippen molar-refractivity contribution in [3.8, 4) is 5.75 Å². The lowest BCUT2D eigenvalue weighted by Crippen LogP contribution is -2.18. The first-order chi connectivity index (χ1) is 9.33. The van der Waals surface area contributed by atoms with E-state index in [1.807, 2.05) is 0 Å². The zero-order valence-electron chi connectivity index (χ0n) is 10.8. The highest BCUT2D eigenvalue weighted by Crippen LogP contribution is 2.20. The van der Waals surface area contributed by atoms with Crippen LogP contribution in [0, 0.1) is 5.82 Å². The van der Waals surface area contributed by atoms with Crippen molar-refractivity contribution in [3.63, 3.8) is 0 Å². The molecule has 0 N–H and O–H groups in total. The normalized spacial score (nSPS) is 11.4. The number of methoxy groups -OCH3 is 1. The van der Waals surface area contributed by atoms with Gasteiger partial charge in [-0.2, -0.15) is 13.2 Å². The van der Waals surface area contributed by atoms with E-state index in [1.165, 1.54) is 25.3 Å². The number of ether oxygens (including phenoxy) is 2. The van der Waals surface area contributed by atoms with Gasteiger partial charge in [0.05, 0.1) is 13.7 Å². The Labute approximate surface area is 113 Å². The van der Waals surface area contributed by atoms with E-state index < -0.39 is 24.4 Å². The SMILES string of the molecule is COc1cccc(CC(=O)CCOCC(F)(F)F)c1F. The number of alkyl halides is 3. The largest absolute Gasteiger partial charge is 0.494 e. The van der Waals surface area contributed by atoms with Crippen LogP contribution in [0.4, 0.5) is 17.6 Å². The van der Waals surface area contributed by atoms with Crippen molar-refractivity contribution in [1.82, 2.24) is 0 Å². The molecule has 0 atom stereocenters. The van der Waals surface area contributed by atoms with Gasteiger partial charge in [0.15, 0.2) is 11.6 Å². The molecule has 1 aromatic rings. The topological polar surface area (TPSA) is 35.5 Å². The molecule has 112 valence electrons. The summed E-state index contributed by atoms with van der Waals surface area (Å²) in [6, 6.07) is 4.37. The molecule has 0 heterocycles. The van der Waals surface area contributed by atoms with E-state index in [0.29, 0.717) is 0 Å². The molecule has 0 saturated heterocycles. The number of hydrogen-bond donors (Lipinski definition) is 0. The van der Waals surface area contributed by atoms with Crippen LogP contribution in [0.15, 0.2) is 18.2 Å². The number of carbonyl (C=O) groups is 1. The Morgan fingerprint density at radius 2 is 2.00 bits per heavy atom. The van der Waals surface area contributed by atoms with Gasteiger partial charge in [0.2, 0.25) is 0 Å². The Hall–Kier alpha value is -1.63. The molecule has 1 aromatic carbocycles. The van der Waals surface area contributed by atoms with Crippen molar-refractivity contribution in [3.05, 3.63) is 29.6 Å². The molecule has 0 spiro atoms. The van der Waals surface area contributed by atoms with Gasteiger partial charge in [0, 0.05) is 12.8 Å². The van der Waals surface area contributed by atoms with E-state index in [9.17, 15) is 22.4 Å². The van der Waals surface area contributed by atoms with Crippen LogP contribution < -0.4 is 4.74 Å². The zero-order chi connectivity index (χ0) is 15.2. The highest BCUT2D eigenvalue weighted by atomic mass is 19.4. The Morgan fingerprint density at radius 3 is 2.60 bits per heavy atom. The fourth-order valence-corrected chi connectivity index (χ4v) is 1.53. The Balaban J connectivity index is 2.43. The van der Waals surface area contributed by atoms with Crippen LogP contribution in [-0.2, 0) is 16.0 Å². The highest BCUT2D eigenvalue weighted by Gasteiger charge is 2.27. The molecule has 0 aliphatic carbocycles. The van der Waals surface area contributed by atoms with Gasteiger partial charge in [-0.25, -0.2) is 4.39 Å². The molecule has 0 saturated carbocycles. The number of benzene rings is 1. The predicted molar refractivity (Wildman–Crippen MR) is 63.2 cm³/mol. The summed E-state index contributed by atoms with van der Waals surface area (Å²) in [5.41, 5.74) is 0.144. The second-order valence-electron chi connectivity index (χ2n) is 4.07. The molecule has 0 aromatic heterocycles. The number of hydrogen-bond acceptors (Lipinski definition) is 3. The molecule has 20 heavy (non-hydrogen) atoms. The van der Waals surface area contributed by atoms with Crippen LogP contribution in [-0.4, -0.2) is 32.3 Å². The van der Waals surface area contributed by atoms with Gasteiger partial charge < -0.3 is 9.47 Å². The first-order valence-electron chi connectivity index (χ1n) is 5.81. The van der Waals surface area contributed by atoms with Gasteiger partial charge in [-0.05, 0) is 11.6 Å². The standard InChI is InChI=1S/C13H14F4O3/c1-19-11-4-2-3-9(12(11)14)7-10(18)5-6-20-8-13(15,16)17/h2-4H,5-8H2,1H3. The van der Waals surface area contributed by atoms with E-state index in [0.717, 1.165) is 0 Å². The Kier molecular flexibility index (Phi) is 5.94. The lowest BCUT2D eigenvalue weighted by molar-refractivity contribution is -0.174. The van der Waals surface area contributed by atoms with E-state index >= 15 is 0 Å². The van der Waals surface area contributed by atoms with Gasteiger partial charge in [-0.1, -0.05) is 12.1 Å². The first kappa shape index (κ1) is 16.4. The summed E-state index contributed by atoms with van der Waals surface area (Å²) in [6.07, 6.45) is -4.83. The predicted octanol–water partition coefficient (Wildman–Crippen LogP) is 2.91. The van der Waals surface area contributed by atoms with Gasteiger partial charge in [0.25, 0.3) is 0 Å². The summed E-state index contributed by atoms with van der Waals surface area (Å²) in [5.74, 6) is -1.03. The van der Waals surface area contributed by atoms with Crippen molar-refractivity contribution in [2.24, 2.45) is 0 Å². The van der Waals surface area contributed by atoms with E-state index in [1.54, 1.807) is 0 Å². The summed E-state index contributed by atoms with van der Waals surface area (Å²) in [6.45, 7) is -1.74. The van der Waals surface area contributed by atoms with E-state index in [4.69, 9.17) is 4.74 Å². The maximum atomic E-state index is 13.7. The third-order valence-corrected chi connectivity index (χ3v) is 2.44. The first-order valence-corrected chi connectivity index (χ1v) is 5.81. The van der Waals surface area contributed by atoms with Gasteiger partial charge in [0.1, 0.15) is 12.4 Å². The number of halogens is 4. The van der Waals surface area contributed by atoms with Crippen LogP contribution in [0.5, 0.6) is 5.75 Å². The van der Waals surface area contributed by atoms with E-state index in [-0.39, 0.29) is 30.8 Å². The molecular formula is C13H14F4O3. The fraction of sp³-hybridized carbons (Fsp3) is 0.462. The molecule has 0 fully saturated rings. The summed E-state index contributed by atoms with van der Waals surface area (Å²) < 4.78 is 58.2.